The second-order valence-corrected chi connectivity index (χ2v) is 6.23. The fraction of sp³-hybridized carbons (Fsp3) is 0.364. The molecule has 1 aromatic rings. The van der Waals surface area contributed by atoms with E-state index in [0.717, 1.165) is 6.26 Å². The molecule has 0 aliphatic heterocycles. The highest BCUT2D eigenvalue weighted by molar-refractivity contribution is 7.92. The van der Waals surface area contributed by atoms with Gasteiger partial charge in [-0.25, -0.2) is 8.42 Å². The van der Waals surface area contributed by atoms with Crippen molar-refractivity contribution in [3.8, 4) is 0 Å². The highest BCUT2D eigenvalue weighted by Crippen LogP contribution is 2.26. The zero-order valence-electron chi connectivity index (χ0n) is 10.6. The molecule has 0 saturated carbocycles. The standard InChI is InChI=1S/C11H16ClN3O3S/c1-3-9(13)11(16)14-10-6-7(4-5-8(10)12)15-19(2,17)18/h4-6,9,15H,3,13H2,1-2H3,(H,14,16)/t9-/m0/s1. The molecule has 0 aliphatic rings. The Morgan fingerprint density at radius 2 is 2.11 bits per heavy atom. The third-order valence-corrected chi connectivity index (χ3v) is 3.24. The maximum atomic E-state index is 11.7. The van der Waals surface area contributed by atoms with Crippen molar-refractivity contribution in [3.63, 3.8) is 0 Å². The molecule has 0 saturated heterocycles. The Labute approximate surface area is 117 Å². The van der Waals surface area contributed by atoms with Gasteiger partial charge in [-0.15, -0.1) is 0 Å². The number of halogens is 1. The van der Waals surface area contributed by atoms with E-state index in [0.29, 0.717) is 22.8 Å². The summed E-state index contributed by atoms with van der Waals surface area (Å²) in [5, 5.41) is 2.86. The van der Waals surface area contributed by atoms with Gasteiger partial charge < -0.3 is 11.1 Å². The average Bonchev–Trinajstić information content (AvgIpc) is 2.30. The van der Waals surface area contributed by atoms with Crippen molar-refractivity contribution >= 4 is 38.9 Å². The SMILES string of the molecule is CC[C@H](N)C(=O)Nc1cc(NS(C)(=O)=O)ccc1Cl. The Kier molecular flexibility index (Phi) is 5.16. The molecule has 1 atom stereocenters. The van der Waals surface area contributed by atoms with Crippen molar-refractivity contribution in [2.24, 2.45) is 5.73 Å². The van der Waals surface area contributed by atoms with Crippen LogP contribution < -0.4 is 15.8 Å². The number of carbonyl (C=O) groups excluding carboxylic acids is 1. The first kappa shape index (κ1) is 15.7. The predicted octanol–water partition coefficient (Wildman–Crippen LogP) is 1.39. The first-order chi connectivity index (χ1) is 8.73. The molecule has 0 heterocycles. The zero-order chi connectivity index (χ0) is 14.6. The lowest BCUT2D eigenvalue weighted by Gasteiger charge is -2.13. The van der Waals surface area contributed by atoms with Crippen LogP contribution in [0.1, 0.15) is 13.3 Å². The van der Waals surface area contributed by atoms with Crippen LogP contribution in [0.5, 0.6) is 0 Å². The van der Waals surface area contributed by atoms with Crippen LogP contribution in [0.4, 0.5) is 11.4 Å². The lowest BCUT2D eigenvalue weighted by atomic mass is 10.2. The van der Waals surface area contributed by atoms with Crippen LogP contribution in [0.15, 0.2) is 18.2 Å². The van der Waals surface area contributed by atoms with Crippen LogP contribution >= 0.6 is 11.6 Å². The average molecular weight is 306 g/mol. The van der Waals surface area contributed by atoms with Gasteiger partial charge in [0, 0.05) is 0 Å². The molecule has 0 fully saturated rings. The molecule has 0 unspecified atom stereocenters. The van der Waals surface area contributed by atoms with Gasteiger partial charge >= 0.3 is 0 Å². The quantitative estimate of drug-likeness (QED) is 0.765. The molecule has 0 aliphatic carbocycles. The highest BCUT2D eigenvalue weighted by atomic mass is 35.5. The maximum Gasteiger partial charge on any atom is 0.241 e. The van der Waals surface area contributed by atoms with Gasteiger partial charge in [-0.1, -0.05) is 18.5 Å². The van der Waals surface area contributed by atoms with E-state index >= 15 is 0 Å². The van der Waals surface area contributed by atoms with E-state index in [1.54, 1.807) is 6.92 Å². The van der Waals surface area contributed by atoms with E-state index in [2.05, 4.69) is 10.0 Å². The van der Waals surface area contributed by atoms with Crippen LogP contribution in [-0.4, -0.2) is 26.6 Å². The molecule has 0 spiro atoms. The highest BCUT2D eigenvalue weighted by Gasteiger charge is 2.13. The Morgan fingerprint density at radius 3 is 2.63 bits per heavy atom. The Morgan fingerprint density at radius 1 is 1.47 bits per heavy atom. The number of nitrogens with one attached hydrogen (secondary N) is 2. The first-order valence-corrected chi connectivity index (χ1v) is 7.83. The number of hydrogen-bond acceptors (Lipinski definition) is 4. The summed E-state index contributed by atoms with van der Waals surface area (Å²) in [6.07, 6.45) is 1.53. The maximum absolute atomic E-state index is 11.7. The third-order valence-electron chi connectivity index (χ3n) is 2.30. The summed E-state index contributed by atoms with van der Waals surface area (Å²) in [7, 11) is -3.39. The van der Waals surface area contributed by atoms with Crippen LogP contribution in [0.3, 0.4) is 0 Å². The molecule has 8 heteroatoms. The molecule has 106 valence electrons. The zero-order valence-corrected chi connectivity index (χ0v) is 12.2. The minimum atomic E-state index is -3.39. The summed E-state index contributed by atoms with van der Waals surface area (Å²) in [5.41, 5.74) is 6.21. The van der Waals surface area contributed by atoms with Gasteiger partial charge in [0.1, 0.15) is 0 Å². The summed E-state index contributed by atoms with van der Waals surface area (Å²) in [6, 6.07) is 3.78. The van der Waals surface area contributed by atoms with E-state index in [1.807, 2.05) is 0 Å². The summed E-state index contributed by atoms with van der Waals surface area (Å²) in [4.78, 5) is 11.7. The topological polar surface area (TPSA) is 101 Å². The molecule has 19 heavy (non-hydrogen) atoms. The van der Waals surface area contributed by atoms with Crippen molar-refractivity contribution < 1.29 is 13.2 Å². The fourth-order valence-electron chi connectivity index (χ4n) is 1.31. The number of hydrogen-bond donors (Lipinski definition) is 3. The molecular weight excluding hydrogens is 290 g/mol. The number of sulfonamides is 1. The minimum absolute atomic E-state index is 0.302. The van der Waals surface area contributed by atoms with Gasteiger partial charge in [0.15, 0.2) is 0 Å². The van der Waals surface area contributed by atoms with Gasteiger partial charge in [-0.05, 0) is 24.6 Å². The molecular formula is C11H16ClN3O3S. The van der Waals surface area contributed by atoms with Crippen LogP contribution in [0.25, 0.3) is 0 Å². The Balaban J connectivity index is 2.95. The Bertz CT molecular complexity index is 575. The molecule has 1 amide bonds. The van der Waals surface area contributed by atoms with E-state index in [-0.39, 0.29) is 5.91 Å². The first-order valence-electron chi connectivity index (χ1n) is 5.56. The number of carbonyl (C=O) groups is 1. The van der Waals surface area contributed by atoms with E-state index in [4.69, 9.17) is 17.3 Å². The molecule has 6 nitrogen and oxygen atoms in total. The smallest absolute Gasteiger partial charge is 0.241 e. The Hall–Kier alpha value is -1.31. The second kappa shape index (κ2) is 6.23. The monoisotopic (exact) mass is 305 g/mol. The lowest BCUT2D eigenvalue weighted by molar-refractivity contribution is -0.117. The van der Waals surface area contributed by atoms with E-state index < -0.39 is 16.1 Å². The molecule has 0 aromatic heterocycles. The summed E-state index contributed by atoms with van der Waals surface area (Å²) >= 11 is 5.93. The summed E-state index contributed by atoms with van der Waals surface area (Å²) in [5.74, 6) is -0.374. The van der Waals surface area contributed by atoms with Gasteiger partial charge in [0.05, 0.1) is 28.7 Å². The van der Waals surface area contributed by atoms with Gasteiger partial charge in [0.25, 0.3) is 0 Å². The largest absolute Gasteiger partial charge is 0.323 e. The second-order valence-electron chi connectivity index (χ2n) is 4.07. The molecule has 1 aromatic carbocycles. The number of nitrogens with two attached hydrogens (primary N) is 1. The van der Waals surface area contributed by atoms with Crippen LogP contribution in [-0.2, 0) is 14.8 Å². The normalized spacial score (nSPS) is 12.8. The fourth-order valence-corrected chi connectivity index (χ4v) is 2.03. The number of rotatable bonds is 5. The number of amides is 1. The van der Waals surface area contributed by atoms with Crippen molar-refractivity contribution in [1.82, 2.24) is 0 Å². The molecule has 4 N–H and O–H groups in total. The van der Waals surface area contributed by atoms with E-state index in [9.17, 15) is 13.2 Å². The van der Waals surface area contributed by atoms with Crippen molar-refractivity contribution in [2.75, 3.05) is 16.3 Å². The van der Waals surface area contributed by atoms with Crippen LogP contribution in [0.2, 0.25) is 5.02 Å². The van der Waals surface area contributed by atoms with Crippen molar-refractivity contribution in [2.45, 2.75) is 19.4 Å². The number of anilines is 2. The molecule has 1 rings (SSSR count). The summed E-state index contributed by atoms with van der Waals surface area (Å²) in [6.45, 7) is 1.79. The van der Waals surface area contributed by atoms with Crippen molar-refractivity contribution in [1.29, 1.82) is 0 Å². The lowest BCUT2D eigenvalue weighted by Crippen LogP contribution is -2.34. The molecule has 0 radical (unpaired) electrons. The van der Waals surface area contributed by atoms with E-state index in [1.165, 1.54) is 18.2 Å². The minimum Gasteiger partial charge on any atom is -0.323 e. The van der Waals surface area contributed by atoms with Gasteiger partial charge in [0.2, 0.25) is 15.9 Å². The predicted molar refractivity (Wildman–Crippen MR) is 76.8 cm³/mol. The number of benzene rings is 1. The third kappa shape index (κ3) is 5.06. The van der Waals surface area contributed by atoms with Gasteiger partial charge in [-0.2, -0.15) is 0 Å². The molecule has 0 bridgehead atoms. The van der Waals surface area contributed by atoms with Gasteiger partial charge in [-0.3, -0.25) is 9.52 Å². The van der Waals surface area contributed by atoms with Crippen molar-refractivity contribution in [3.05, 3.63) is 23.2 Å². The summed E-state index contributed by atoms with van der Waals surface area (Å²) < 4.78 is 24.5. The van der Waals surface area contributed by atoms with Crippen LogP contribution in [0, 0.1) is 0 Å².